The lowest BCUT2D eigenvalue weighted by atomic mass is 10.2. The van der Waals surface area contributed by atoms with Gasteiger partial charge >= 0.3 is 12.1 Å². The molecule has 0 aliphatic carbocycles. The van der Waals surface area contributed by atoms with Crippen molar-refractivity contribution in [3.05, 3.63) is 39.5 Å². The molecule has 0 saturated heterocycles. The van der Waals surface area contributed by atoms with E-state index in [1.54, 1.807) is 20.8 Å². The molecule has 0 aliphatic rings. The molecule has 1 aromatic carbocycles. The first kappa shape index (κ1) is 21.3. The van der Waals surface area contributed by atoms with Crippen LogP contribution in [0.4, 0.5) is 4.79 Å². The smallest absolute Gasteiger partial charge is 0.410 e. The molecule has 0 fully saturated rings. The third-order valence-electron chi connectivity index (χ3n) is 3.05. The third-order valence-corrected chi connectivity index (χ3v) is 3.77. The van der Waals surface area contributed by atoms with Crippen LogP contribution < -0.4 is 4.74 Å². The molecular weight excluding hydrogens is 437 g/mol. The topological polar surface area (TPSA) is 76.1 Å². The van der Waals surface area contributed by atoms with Crippen LogP contribution in [0, 0.1) is 3.57 Å². The van der Waals surface area contributed by atoms with Gasteiger partial charge in [0.2, 0.25) is 0 Å². The number of hydrogen-bond acceptors (Lipinski definition) is 4. The highest BCUT2D eigenvalue weighted by Gasteiger charge is 2.21. The molecule has 0 aliphatic heterocycles. The Labute approximate surface area is 161 Å². The molecule has 138 valence electrons. The molecule has 1 amide bonds. The van der Waals surface area contributed by atoms with Crippen LogP contribution in [0.2, 0.25) is 0 Å². The summed E-state index contributed by atoms with van der Waals surface area (Å²) in [6.07, 6.45) is 0.977. The zero-order valence-electron chi connectivity index (χ0n) is 14.9. The van der Waals surface area contributed by atoms with E-state index in [9.17, 15) is 9.59 Å². The van der Waals surface area contributed by atoms with Crippen LogP contribution in [0.25, 0.3) is 0 Å². The number of carbonyl (C=O) groups excluding carboxylic acids is 1. The fourth-order valence-corrected chi connectivity index (χ4v) is 2.08. The van der Waals surface area contributed by atoms with E-state index >= 15 is 0 Å². The monoisotopic (exact) mass is 461 g/mol. The van der Waals surface area contributed by atoms with Crippen LogP contribution in [0.3, 0.4) is 0 Å². The number of rotatable bonds is 7. The number of halogens is 1. The van der Waals surface area contributed by atoms with Crippen molar-refractivity contribution in [3.8, 4) is 5.75 Å². The van der Waals surface area contributed by atoms with E-state index in [2.05, 4.69) is 22.6 Å². The molecule has 0 unspecified atom stereocenters. The molecule has 0 spiro atoms. The first-order valence-corrected chi connectivity index (χ1v) is 8.92. The maximum Gasteiger partial charge on any atom is 0.410 e. The molecule has 0 radical (unpaired) electrons. The van der Waals surface area contributed by atoms with Crippen molar-refractivity contribution in [1.29, 1.82) is 0 Å². The van der Waals surface area contributed by atoms with Crippen molar-refractivity contribution >= 4 is 34.7 Å². The van der Waals surface area contributed by atoms with Gasteiger partial charge < -0.3 is 19.5 Å². The van der Waals surface area contributed by atoms with Gasteiger partial charge in [-0.05, 0) is 74.6 Å². The number of nitrogens with zero attached hydrogens (tertiary/aromatic N) is 1. The summed E-state index contributed by atoms with van der Waals surface area (Å²) in [6, 6.07) is 7.57. The summed E-state index contributed by atoms with van der Waals surface area (Å²) >= 11 is 2.21. The van der Waals surface area contributed by atoms with Crippen molar-refractivity contribution in [1.82, 2.24) is 4.90 Å². The Morgan fingerprint density at radius 1 is 1.24 bits per heavy atom. The number of carboxylic acid groups (broad SMARTS) is 1. The zero-order chi connectivity index (χ0) is 19.0. The molecule has 6 nitrogen and oxygen atoms in total. The van der Waals surface area contributed by atoms with E-state index in [0.29, 0.717) is 5.75 Å². The summed E-state index contributed by atoms with van der Waals surface area (Å²) in [4.78, 5) is 24.6. The number of benzene rings is 1. The van der Waals surface area contributed by atoms with Gasteiger partial charge in [-0.2, -0.15) is 0 Å². The summed E-state index contributed by atoms with van der Waals surface area (Å²) in [6.45, 7) is 7.53. The summed E-state index contributed by atoms with van der Waals surface area (Å²) in [5, 5.41) is 8.94. The molecule has 0 heterocycles. The average Bonchev–Trinajstić information content (AvgIpc) is 2.50. The van der Waals surface area contributed by atoms with Gasteiger partial charge in [0.05, 0.1) is 6.54 Å². The number of carbonyl (C=O) groups is 2. The Bertz CT molecular complexity index is 619. The Morgan fingerprint density at radius 3 is 2.36 bits per heavy atom. The minimum absolute atomic E-state index is 0.142. The van der Waals surface area contributed by atoms with Crippen LogP contribution in [-0.2, 0) is 9.53 Å². The van der Waals surface area contributed by atoms with Crippen LogP contribution in [0.5, 0.6) is 5.75 Å². The van der Waals surface area contributed by atoms with Gasteiger partial charge in [0.15, 0.2) is 0 Å². The minimum atomic E-state index is -1.01. The van der Waals surface area contributed by atoms with Crippen LogP contribution in [-0.4, -0.2) is 47.4 Å². The molecule has 1 rings (SSSR count). The highest BCUT2D eigenvalue weighted by Crippen LogP contribution is 2.14. The minimum Gasteiger partial charge on any atom is -0.492 e. The maximum atomic E-state index is 12.3. The van der Waals surface area contributed by atoms with Crippen LogP contribution in [0.15, 0.2) is 35.9 Å². The lowest BCUT2D eigenvalue weighted by molar-refractivity contribution is -0.132. The second kappa shape index (κ2) is 9.65. The van der Waals surface area contributed by atoms with E-state index in [1.807, 2.05) is 24.3 Å². The molecule has 1 N–H and O–H groups in total. The number of amides is 1. The quantitative estimate of drug-likeness (QED) is 0.492. The van der Waals surface area contributed by atoms with E-state index in [4.69, 9.17) is 14.6 Å². The second-order valence-corrected chi connectivity index (χ2v) is 7.67. The van der Waals surface area contributed by atoms with Crippen molar-refractivity contribution < 1.29 is 24.2 Å². The predicted octanol–water partition coefficient (Wildman–Crippen LogP) is 3.94. The zero-order valence-corrected chi connectivity index (χ0v) is 17.1. The fraction of sp³-hybridized carbons (Fsp3) is 0.444. The van der Waals surface area contributed by atoms with Crippen LogP contribution in [0.1, 0.15) is 27.7 Å². The summed E-state index contributed by atoms with van der Waals surface area (Å²) in [5.41, 5.74) is -0.454. The molecule has 0 atom stereocenters. The van der Waals surface area contributed by atoms with Gasteiger partial charge in [-0.15, -0.1) is 0 Å². The molecule has 7 heteroatoms. The van der Waals surface area contributed by atoms with Crippen LogP contribution >= 0.6 is 22.6 Å². The van der Waals surface area contributed by atoms with E-state index in [1.165, 1.54) is 17.9 Å². The summed E-state index contributed by atoms with van der Waals surface area (Å²) < 4.78 is 12.1. The van der Waals surface area contributed by atoms with Gasteiger partial charge in [-0.3, -0.25) is 0 Å². The lowest BCUT2D eigenvalue weighted by Crippen LogP contribution is -2.39. The highest BCUT2D eigenvalue weighted by molar-refractivity contribution is 14.1. The molecule has 0 saturated carbocycles. The lowest BCUT2D eigenvalue weighted by Gasteiger charge is -2.26. The van der Waals surface area contributed by atoms with Gasteiger partial charge in [0, 0.05) is 15.7 Å². The predicted molar refractivity (Wildman–Crippen MR) is 104 cm³/mol. The first-order valence-electron chi connectivity index (χ1n) is 7.85. The fourth-order valence-electron chi connectivity index (χ4n) is 1.72. The third kappa shape index (κ3) is 8.76. The largest absolute Gasteiger partial charge is 0.492 e. The van der Waals surface area contributed by atoms with E-state index < -0.39 is 17.7 Å². The Hall–Kier alpha value is -1.77. The highest BCUT2D eigenvalue weighted by atomic mass is 127. The van der Waals surface area contributed by atoms with Gasteiger partial charge in [-0.1, -0.05) is 6.08 Å². The first-order chi connectivity index (χ1) is 11.6. The Morgan fingerprint density at radius 2 is 1.84 bits per heavy atom. The number of aliphatic carboxylic acids is 1. The normalized spacial score (nSPS) is 11.8. The number of hydrogen-bond donors (Lipinski definition) is 1. The van der Waals surface area contributed by atoms with E-state index in [0.717, 1.165) is 3.57 Å². The van der Waals surface area contributed by atoms with Gasteiger partial charge in [0.25, 0.3) is 0 Å². The molecule has 1 aromatic rings. The number of ether oxygens (including phenoxy) is 2. The Kier molecular flexibility index (Phi) is 8.21. The standard InChI is InChI=1S/C18H24INO5/c1-13(16(21)22)9-10-20(17(23)25-18(2,3)4)11-12-24-15-7-5-14(19)6-8-15/h5-9H,10-12H2,1-4H3,(H,21,22)/b13-9+. The van der Waals surface area contributed by atoms with E-state index in [-0.39, 0.29) is 25.3 Å². The van der Waals surface area contributed by atoms with Crippen molar-refractivity contribution in [2.75, 3.05) is 19.7 Å². The van der Waals surface area contributed by atoms with Gasteiger partial charge in [0.1, 0.15) is 18.0 Å². The average molecular weight is 461 g/mol. The SMILES string of the molecule is C/C(=C\CN(CCOc1ccc(I)cc1)C(=O)OC(C)(C)C)C(=O)O. The summed E-state index contributed by atoms with van der Waals surface area (Å²) in [5.74, 6) is -0.305. The van der Waals surface area contributed by atoms with Crippen molar-refractivity contribution in [2.45, 2.75) is 33.3 Å². The number of carboxylic acids is 1. The van der Waals surface area contributed by atoms with Gasteiger partial charge in [-0.25, -0.2) is 9.59 Å². The maximum absolute atomic E-state index is 12.3. The summed E-state index contributed by atoms with van der Waals surface area (Å²) in [7, 11) is 0. The molecule has 25 heavy (non-hydrogen) atoms. The van der Waals surface area contributed by atoms with Crippen molar-refractivity contribution in [2.24, 2.45) is 0 Å². The molecule has 0 aromatic heterocycles. The van der Waals surface area contributed by atoms with Crippen molar-refractivity contribution in [3.63, 3.8) is 0 Å². The second-order valence-electron chi connectivity index (χ2n) is 6.42. The molecular formula is C18H24INO5. The molecule has 0 bridgehead atoms. The Balaban J connectivity index is 2.69.